The van der Waals surface area contributed by atoms with E-state index < -0.39 is 0 Å². The number of ketones is 1. The summed E-state index contributed by atoms with van der Waals surface area (Å²) < 4.78 is 5.99. The van der Waals surface area contributed by atoms with Crippen LogP contribution in [0.15, 0.2) is 71.0 Å². The van der Waals surface area contributed by atoms with Crippen molar-refractivity contribution in [3.63, 3.8) is 0 Å². The monoisotopic (exact) mass is 879 g/mol. The number of aliphatic hydroxyl groups excluding tert-OH is 1. The predicted molar refractivity (Wildman–Crippen MR) is 217 cm³/mol. The predicted octanol–water partition coefficient (Wildman–Crippen LogP) is 13.4. The van der Waals surface area contributed by atoms with E-state index in [1.165, 1.54) is 44.8 Å². The summed E-state index contributed by atoms with van der Waals surface area (Å²) >= 11 is 0. The summed E-state index contributed by atoms with van der Waals surface area (Å²) in [7, 11) is 0. The Kier molecular flexibility index (Phi) is 15.2. The van der Waals surface area contributed by atoms with E-state index in [2.05, 4.69) is 110 Å². The van der Waals surface area contributed by atoms with Gasteiger partial charge in [0.05, 0.1) is 12.0 Å². The Morgan fingerprint density at radius 1 is 0.885 bits per heavy atom. The molecule has 0 aliphatic rings. The third-order valence-electron chi connectivity index (χ3n) is 10.2. The molecule has 0 spiro atoms. The number of hydrogen-bond acceptors (Lipinski definition) is 4. The smallest absolute Gasteiger partial charge is 0.219 e. The summed E-state index contributed by atoms with van der Waals surface area (Å²) in [6.07, 6.45) is 7.82. The number of benzene rings is 3. The van der Waals surface area contributed by atoms with E-state index in [0.29, 0.717) is 11.6 Å². The molecule has 0 saturated carbocycles. The first-order chi connectivity index (χ1) is 24.1. The number of rotatable bonds is 11. The van der Waals surface area contributed by atoms with Crippen molar-refractivity contribution in [2.75, 3.05) is 0 Å². The fourth-order valence-electron chi connectivity index (χ4n) is 7.36. The van der Waals surface area contributed by atoms with Crippen molar-refractivity contribution in [2.24, 2.45) is 17.8 Å². The Morgan fingerprint density at radius 3 is 2.04 bits per heavy atom. The number of hydrogen-bond donors (Lipinski definition) is 1. The quantitative estimate of drug-likeness (QED) is 0.0816. The molecule has 0 saturated heterocycles. The van der Waals surface area contributed by atoms with Crippen LogP contribution >= 0.6 is 0 Å². The molecule has 52 heavy (non-hydrogen) atoms. The van der Waals surface area contributed by atoms with Crippen LogP contribution in [0.25, 0.3) is 44.3 Å². The minimum atomic E-state index is -0.00290. The Labute approximate surface area is 326 Å². The normalized spacial score (nSPS) is 12.1. The van der Waals surface area contributed by atoms with Crippen LogP contribution in [-0.4, -0.2) is 15.9 Å². The number of pyridine rings is 1. The van der Waals surface area contributed by atoms with E-state index in [1.54, 1.807) is 0 Å². The second kappa shape index (κ2) is 18.5. The van der Waals surface area contributed by atoms with Crippen LogP contribution in [0.2, 0.25) is 0 Å². The summed E-state index contributed by atoms with van der Waals surface area (Å²) in [4.78, 5) is 16.7. The molecule has 5 rings (SSSR count). The molecule has 2 heterocycles. The maximum absolute atomic E-state index is 11.7. The summed E-state index contributed by atoms with van der Waals surface area (Å²) in [6, 6.07) is 21.4. The summed E-state index contributed by atoms with van der Waals surface area (Å²) in [5.74, 6) is 1.18. The average molecular weight is 879 g/mol. The number of aryl methyl sites for hydroxylation is 3. The second-order valence-corrected chi connectivity index (χ2v) is 15.7. The van der Waals surface area contributed by atoms with Crippen molar-refractivity contribution < 1.29 is 34.4 Å². The topological polar surface area (TPSA) is 63.3 Å². The maximum Gasteiger partial charge on any atom is 0.219 e. The van der Waals surface area contributed by atoms with Crippen LogP contribution in [-0.2, 0) is 36.7 Å². The van der Waals surface area contributed by atoms with Crippen LogP contribution in [0, 0.1) is 44.6 Å². The van der Waals surface area contributed by atoms with Crippen molar-refractivity contribution >= 4 is 27.7 Å². The molecule has 0 fully saturated rings. The maximum atomic E-state index is 11.7. The van der Waals surface area contributed by atoms with E-state index in [9.17, 15) is 9.90 Å². The van der Waals surface area contributed by atoms with Gasteiger partial charge in [0.1, 0.15) is 0 Å². The fraction of sp³-hybridized carbons (Fsp3) is 0.447. The molecular formula is C47H60IrNO3-. The van der Waals surface area contributed by atoms with Gasteiger partial charge in [-0.05, 0) is 97.6 Å². The molecule has 1 radical (unpaired) electrons. The van der Waals surface area contributed by atoms with Crippen LogP contribution in [0.5, 0.6) is 0 Å². The van der Waals surface area contributed by atoms with Gasteiger partial charge >= 0.3 is 0 Å². The van der Waals surface area contributed by atoms with Crippen molar-refractivity contribution in [3.05, 3.63) is 101 Å². The second-order valence-electron chi connectivity index (χ2n) is 15.7. The van der Waals surface area contributed by atoms with Gasteiger partial charge in [0, 0.05) is 49.1 Å². The molecule has 0 aliphatic heterocycles. The Hall–Kier alpha value is -3.53. The number of nitrogens with zero attached hydrogens (tertiary/aromatic N) is 1. The van der Waals surface area contributed by atoms with Gasteiger partial charge in [-0.15, -0.1) is 29.1 Å². The van der Waals surface area contributed by atoms with Crippen molar-refractivity contribution in [2.45, 2.75) is 121 Å². The molecule has 0 unspecified atom stereocenters. The molecule has 5 heteroatoms. The van der Waals surface area contributed by atoms with Crippen LogP contribution < -0.4 is 0 Å². The van der Waals surface area contributed by atoms with Gasteiger partial charge in [-0.25, -0.2) is 0 Å². The average Bonchev–Trinajstić information content (AvgIpc) is 3.45. The number of aromatic nitrogens is 1. The zero-order chi connectivity index (χ0) is 37.6. The standard InChI is InChI=1S/C34H36NO.C13H24O2.Ir/c1-20(2)13-24-14-21(3)31(22(4)15-24)28-18-30(35-33-32(28)23(5)19-36-33)26-16-25-11-9-10-12-27(25)29(17-26)34(6,7)8;1-5-10(6-2)12(14)9-13(15)11(7-3)8-4;/h9-12,14-15,17-20H,13H2,1-8H3;9-11,14H,5-8H2,1-4H3;/q-1;;/b;12-9-;. The fourth-order valence-corrected chi connectivity index (χ4v) is 7.36. The molecule has 3 aromatic carbocycles. The van der Waals surface area contributed by atoms with Gasteiger partial charge in [0.15, 0.2) is 5.78 Å². The molecule has 5 aromatic rings. The van der Waals surface area contributed by atoms with Crippen LogP contribution in [0.1, 0.15) is 116 Å². The van der Waals surface area contributed by atoms with E-state index in [1.807, 2.05) is 34.0 Å². The van der Waals surface area contributed by atoms with Crippen molar-refractivity contribution in [1.82, 2.24) is 4.98 Å². The SMILES string of the molecule is CCC(CC)C(=O)/C=C(\O)C(CC)CC.Cc1cc(CC(C)C)cc(C)c1-c1cc(-c2[c-]c3ccccc3c(C(C)(C)C)c2)nc2occ(C)c12.[Ir]. The first kappa shape index (κ1) is 42.9. The van der Waals surface area contributed by atoms with Gasteiger partial charge in [-0.2, -0.15) is 0 Å². The number of aliphatic hydroxyl groups is 1. The number of carbonyl (C=O) groups is 1. The molecule has 4 nitrogen and oxygen atoms in total. The van der Waals surface area contributed by atoms with E-state index >= 15 is 0 Å². The van der Waals surface area contributed by atoms with Gasteiger partial charge < -0.3 is 9.52 Å². The molecule has 0 aliphatic carbocycles. The van der Waals surface area contributed by atoms with E-state index in [4.69, 9.17) is 9.40 Å². The third-order valence-corrected chi connectivity index (χ3v) is 10.2. The third kappa shape index (κ3) is 9.91. The number of allylic oxidation sites excluding steroid dienone is 2. The molecule has 0 bridgehead atoms. The summed E-state index contributed by atoms with van der Waals surface area (Å²) in [5, 5.41) is 13.2. The molecule has 1 N–H and O–H groups in total. The minimum absolute atomic E-state index is 0. The first-order valence-electron chi connectivity index (χ1n) is 19.0. The Morgan fingerprint density at radius 2 is 1.48 bits per heavy atom. The minimum Gasteiger partial charge on any atom is -0.512 e. The molecule has 0 amide bonds. The van der Waals surface area contributed by atoms with Crippen molar-refractivity contribution in [1.29, 1.82) is 0 Å². The number of carbonyl (C=O) groups excluding carboxylic acids is 1. The first-order valence-corrected chi connectivity index (χ1v) is 19.0. The van der Waals surface area contributed by atoms with Gasteiger partial charge in [-0.1, -0.05) is 110 Å². The Balaban J connectivity index is 0.000000389. The molecule has 2 aromatic heterocycles. The van der Waals surface area contributed by atoms with Gasteiger partial charge in [0.2, 0.25) is 5.71 Å². The number of fused-ring (bicyclic) bond motifs is 2. The molecule has 281 valence electrons. The summed E-state index contributed by atoms with van der Waals surface area (Å²) in [5.41, 5.74) is 11.4. The van der Waals surface area contributed by atoms with Crippen molar-refractivity contribution in [3.8, 4) is 22.4 Å². The number of furan rings is 1. The largest absolute Gasteiger partial charge is 0.512 e. The van der Waals surface area contributed by atoms with Gasteiger partial charge in [-0.3, -0.25) is 9.78 Å². The van der Waals surface area contributed by atoms with E-state index in [0.717, 1.165) is 59.7 Å². The molecule has 0 atom stereocenters. The Bertz CT molecular complexity index is 1980. The van der Waals surface area contributed by atoms with Crippen LogP contribution in [0.3, 0.4) is 0 Å². The zero-order valence-electron chi connectivity index (χ0n) is 33.6. The van der Waals surface area contributed by atoms with E-state index in [-0.39, 0.29) is 48.9 Å². The summed E-state index contributed by atoms with van der Waals surface area (Å²) in [6.45, 7) is 26.0. The zero-order valence-corrected chi connectivity index (χ0v) is 36.0. The van der Waals surface area contributed by atoms with Crippen LogP contribution in [0.4, 0.5) is 0 Å². The van der Waals surface area contributed by atoms with Gasteiger partial charge in [0.25, 0.3) is 0 Å². The molecular weight excluding hydrogens is 819 g/mol.